The average molecular weight is 814 g/mol. The Morgan fingerprint density at radius 2 is 0.763 bits per heavy atom. The first kappa shape index (κ1) is 55.8. The first-order chi connectivity index (χ1) is 29.2. The van der Waals surface area contributed by atoms with Gasteiger partial charge in [0.05, 0.1) is 18.8 Å². The predicted molar refractivity (Wildman–Crippen MR) is 262 cm³/mol. The van der Waals surface area contributed by atoms with E-state index in [1.165, 1.54) is 89.9 Å². The van der Waals surface area contributed by atoms with E-state index >= 15 is 0 Å². The van der Waals surface area contributed by atoms with Crippen LogP contribution in [0.2, 0.25) is 0 Å². The molecule has 0 aromatic rings. The highest BCUT2D eigenvalue weighted by Crippen LogP contribution is 2.13. The Labute approximate surface area is 365 Å². The number of amides is 1. The van der Waals surface area contributed by atoms with Gasteiger partial charge in [-0.3, -0.25) is 4.79 Å². The number of aliphatic hydroxyl groups is 2. The molecule has 0 bridgehead atoms. The maximum absolute atomic E-state index is 12.4. The Balaban J connectivity index is 3.63. The van der Waals surface area contributed by atoms with Gasteiger partial charge in [0.15, 0.2) is 0 Å². The van der Waals surface area contributed by atoms with Crippen LogP contribution in [0.3, 0.4) is 0 Å². The molecule has 0 saturated heterocycles. The third-order valence-corrected chi connectivity index (χ3v) is 10.2. The largest absolute Gasteiger partial charge is 0.394 e. The highest BCUT2D eigenvalue weighted by atomic mass is 16.3. The third kappa shape index (κ3) is 45.7. The zero-order chi connectivity index (χ0) is 42.8. The summed E-state index contributed by atoms with van der Waals surface area (Å²) in [5, 5.41) is 23.0. The van der Waals surface area contributed by atoms with Crippen LogP contribution in [0.25, 0.3) is 0 Å². The number of hydrogen-bond acceptors (Lipinski definition) is 3. The maximum atomic E-state index is 12.4. The van der Waals surface area contributed by atoms with Crippen molar-refractivity contribution in [3.8, 4) is 0 Å². The molecule has 0 aromatic heterocycles. The number of carbonyl (C=O) groups is 1. The average Bonchev–Trinajstić information content (AvgIpc) is 3.24. The highest BCUT2D eigenvalue weighted by molar-refractivity contribution is 5.76. The minimum atomic E-state index is -0.878. The summed E-state index contributed by atoms with van der Waals surface area (Å²) in [5.41, 5.74) is 0. The first-order valence-corrected chi connectivity index (χ1v) is 24.2. The van der Waals surface area contributed by atoms with Gasteiger partial charge in [-0.1, -0.05) is 212 Å². The van der Waals surface area contributed by atoms with Gasteiger partial charge in [0, 0.05) is 6.42 Å². The molecule has 0 rings (SSSR count). The van der Waals surface area contributed by atoms with Crippen molar-refractivity contribution in [1.82, 2.24) is 5.32 Å². The number of nitrogens with one attached hydrogen (secondary N) is 1. The lowest BCUT2D eigenvalue weighted by atomic mass is 10.0. The molecular formula is C55H91NO3. The van der Waals surface area contributed by atoms with E-state index in [0.717, 1.165) is 89.9 Å². The van der Waals surface area contributed by atoms with Crippen LogP contribution < -0.4 is 5.32 Å². The molecule has 0 radical (unpaired) electrons. The molecule has 1 amide bonds. The number of allylic oxidation sites excluding steroid dienone is 19. The van der Waals surface area contributed by atoms with Gasteiger partial charge in [0.1, 0.15) is 0 Å². The molecule has 0 aliphatic heterocycles. The summed E-state index contributed by atoms with van der Waals surface area (Å²) in [4.78, 5) is 12.4. The summed E-state index contributed by atoms with van der Waals surface area (Å²) in [7, 11) is 0. The number of hydrogen-bond donors (Lipinski definition) is 3. The van der Waals surface area contributed by atoms with Crippen LogP contribution in [-0.2, 0) is 4.79 Å². The van der Waals surface area contributed by atoms with Gasteiger partial charge in [-0.15, -0.1) is 0 Å². The van der Waals surface area contributed by atoms with Crippen LogP contribution in [0.15, 0.2) is 122 Å². The lowest BCUT2D eigenvalue weighted by Gasteiger charge is -2.19. The summed E-state index contributed by atoms with van der Waals surface area (Å²) in [5.74, 6) is -0.0881. The van der Waals surface area contributed by atoms with E-state index in [1.807, 2.05) is 6.08 Å². The van der Waals surface area contributed by atoms with E-state index in [0.29, 0.717) is 6.42 Å². The lowest BCUT2D eigenvalue weighted by molar-refractivity contribution is -0.123. The van der Waals surface area contributed by atoms with E-state index in [2.05, 4.69) is 129 Å². The van der Waals surface area contributed by atoms with Gasteiger partial charge < -0.3 is 15.5 Å². The van der Waals surface area contributed by atoms with Crippen molar-refractivity contribution in [3.05, 3.63) is 122 Å². The van der Waals surface area contributed by atoms with Crippen LogP contribution >= 0.6 is 0 Å². The SMILES string of the molecule is CC/C=C\C/C=C\C/C=C\C/C=C\C/C=C\C/C=C\C/C=C\CCCCCCCCCCCCCC(=O)NC(CO)C(O)/C=C/CC/C=C/CC/C=C/CCCCCC. The molecule has 4 heteroatoms. The van der Waals surface area contributed by atoms with Gasteiger partial charge in [-0.25, -0.2) is 0 Å². The normalized spacial score (nSPS) is 14.0. The van der Waals surface area contributed by atoms with Crippen LogP contribution in [0.1, 0.15) is 200 Å². The van der Waals surface area contributed by atoms with Crippen LogP contribution in [0.5, 0.6) is 0 Å². The molecule has 0 heterocycles. The van der Waals surface area contributed by atoms with E-state index in [9.17, 15) is 15.0 Å². The second-order valence-electron chi connectivity index (χ2n) is 15.8. The van der Waals surface area contributed by atoms with E-state index in [-0.39, 0.29) is 12.5 Å². The van der Waals surface area contributed by atoms with Crippen molar-refractivity contribution in [1.29, 1.82) is 0 Å². The zero-order valence-corrected chi connectivity index (χ0v) is 38.2. The molecule has 2 unspecified atom stereocenters. The Morgan fingerprint density at radius 1 is 0.424 bits per heavy atom. The van der Waals surface area contributed by atoms with Crippen molar-refractivity contribution in [3.63, 3.8) is 0 Å². The summed E-state index contributed by atoms with van der Waals surface area (Å²) >= 11 is 0. The van der Waals surface area contributed by atoms with Crippen LogP contribution in [0, 0.1) is 0 Å². The minimum absolute atomic E-state index is 0.0881. The molecule has 0 aliphatic rings. The quantitative estimate of drug-likeness (QED) is 0.0425. The maximum Gasteiger partial charge on any atom is 0.220 e. The molecular weight excluding hydrogens is 723 g/mol. The topological polar surface area (TPSA) is 69.6 Å². The second-order valence-corrected chi connectivity index (χ2v) is 15.8. The summed E-state index contributed by atoms with van der Waals surface area (Å²) in [6, 6.07) is -0.654. The fourth-order valence-corrected chi connectivity index (χ4v) is 6.48. The fraction of sp³-hybridized carbons (Fsp3) is 0.618. The Morgan fingerprint density at radius 3 is 1.19 bits per heavy atom. The number of unbranched alkanes of at least 4 members (excludes halogenated alkanes) is 17. The first-order valence-electron chi connectivity index (χ1n) is 24.2. The molecule has 3 N–H and O–H groups in total. The summed E-state index contributed by atoms with van der Waals surface area (Å²) < 4.78 is 0. The van der Waals surface area contributed by atoms with Crippen LogP contribution in [0.4, 0.5) is 0 Å². The molecule has 4 nitrogen and oxygen atoms in total. The van der Waals surface area contributed by atoms with Gasteiger partial charge in [-0.05, 0) is 103 Å². The summed E-state index contributed by atoms with van der Waals surface area (Å²) in [6.45, 7) is 4.14. The van der Waals surface area contributed by atoms with Gasteiger partial charge in [0.2, 0.25) is 5.91 Å². The molecule has 0 aromatic carbocycles. The third-order valence-electron chi connectivity index (χ3n) is 10.2. The molecule has 2 atom stereocenters. The smallest absolute Gasteiger partial charge is 0.220 e. The van der Waals surface area contributed by atoms with E-state index < -0.39 is 12.1 Å². The highest BCUT2D eigenvalue weighted by Gasteiger charge is 2.17. The molecule has 0 aliphatic carbocycles. The van der Waals surface area contributed by atoms with Crippen LogP contribution in [-0.4, -0.2) is 34.9 Å². The monoisotopic (exact) mass is 814 g/mol. The Hall–Kier alpha value is -3.21. The van der Waals surface area contributed by atoms with E-state index in [1.54, 1.807) is 6.08 Å². The number of aliphatic hydroxyl groups excluding tert-OH is 2. The standard InChI is InChI=1S/C55H91NO3/c1-3-5-7-9-11-13-15-17-19-20-21-22-23-24-25-26-27-28-29-30-31-32-33-34-35-36-37-39-41-43-45-47-49-51-55(59)56-53(52-57)54(58)50-48-46-44-42-40-38-18-16-14-12-10-8-6-4-2/h5,7,11,13-14,16-17,19,21-22,24-25,27-28,30-31,40,42,48,50,53-54,57-58H,3-4,6,8-10,12,15,18,20,23,26,29,32-39,41,43-47,49,51-52H2,1-2H3,(H,56,59)/b7-5-,13-11-,16-14+,19-17-,22-21-,25-24-,28-27-,31-30-,42-40+,50-48+. The van der Waals surface area contributed by atoms with Crippen molar-refractivity contribution in [2.45, 2.75) is 212 Å². The lowest BCUT2D eigenvalue weighted by Crippen LogP contribution is -2.45. The molecule has 0 spiro atoms. The number of rotatable bonds is 42. The predicted octanol–water partition coefficient (Wildman–Crippen LogP) is 15.7. The molecule has 0 fully saturated rings. The van der Waals surface area contributed by atoms with Crippen molar-refractivity contribution in [2.75, 3.05) is 6.61 Å². The Kier molecular flexibility index (Phi) is 46.5. The minimum Gasteiger partial charge on any atom is -0.394 e. The van der Waals surface area contributed by atoms with E-state index in [4.69, 9.17) is 0 Å². The fourth-order valence-electron chi connectivity index (χ4n) is 6.48. The molecule has 334 valence electrons. The zero-order valence-electron chi connectivity index (χ0n) is 38.2. The van der Waals surface area contributed by atoms with Crippen molar-refractivity contribution in [2.24, 2.45) is 0 Å². The van der Waals surface area contributed by atoms with Gasteiger partial charge in [-0.2, -0.15) is 0 Å². The Bertz CT molecular complexity index is 1200. The number of carbonyl (C=O) groups excluding carboxylic acids is 1. The van der Waals surface area contributed by atoms with Gasteiger partial charge >= 0.3 is 0 Å². The van der Waals surface area contributed by atoms with Crippen molar-refractivity contribution >= 4 is 5.91 Å². The second kappa shape index (κ2) is 49.2. The van der Waals surface area contributed by atoms with Crippen molar-refractivity contribution < 1.29 is 15.0 Å². The molecule has 0 saturated carbocycles. The summed E-state index contributed by atoms with van der Waals surface area (Å²) in [6.07, 6.45) is 76.1. The van der Waals surface area contributed by atoms with Gasteiger partial charge in [0.25, 0.3) is 0 Å². The molecule has 59 heavy (non-hydrogen) atoms.